The number of carboxylic acid groups (broad SMARTS) is 1. The Bertz CT molecular complexity index is 708. The Kier molecular flexibility index (Phi) is 7.41. The summed E-state index contributed by atoms with van der Waals surface area (Å²) in [6.45, 7) is 0.772. The van der Waals surface area contributed by atoms with E-state index in [1.807, 2.05) is 42.5 Å². The largest absolute Gasteiger partial charge is 0.481 e. The van der Waals surface area contributed by atoms with Crippen molar-refractivity contribution in [1.29, 1.82) is 0 Å². The van der Waals surface area contributed by atoms with E-state index in [0.29, 0.717) is 19.4 Å². The van der Waals surface area contributed by atoms with E-state index in [2.05, 4.69) is 5.32 Å². The Morgan fingerprint density at radius 2 is 1.88 bits per heavy atom. The van der Waals surface area contributed by atoms with Crippen molar-refractivity contribution < 1.29 is 19.4 Å². The summed E-state index contributed by atoms with van der Waals surface area (Å²) in [6.07, 6.45) is 2.34. The van der Waals surface area contributed by atoms with Crippen LogP contribution in [0, 0.1) is 5.92 Å². The number of methoxy groups -OCH3 is 1. The van der Waals surface area contributed by atoms with Crippen molar-refractivity contribution in [2.75, 3.05) is 20.3 Å². The number of unbranched alkanes of at least 4 members (excludes halogenated alkanes) is 1. The fraction of sp³-hybridized carbons (Fsp3) is 0.400. The molecule has 0 spiro atoms. The number of amides is 1. The van der Waals surface area contributed by atoms with E-state index < -0.39 is 11.9 Å². The summed E-state index contributed by atoms with van der Waals surface area (Å²) in [5.41, 5.74) is 0.986. The molecule has 1 unspecified atom stereocenters. The van der Waals surface area contributed by atoms with Crippen LogP contribution in [0.4, 0.5) is 0 Å². The van der Waals surface area contributed by atoms with Gasteiger partial charge in [0.15, 0.2) is 0 Å². The molecular formula is C20H25NO4. The van der Waals surface area contributed by atoms with Gasteiger partial charge in [-0.1, -0.05) is 42.5 Å². The minimum absolute atomic E-state index is 0.111. The molecule has 0 saturated heterocycles. The molecule has 0 heterocycles. The molecule has 2 aromatic carbocycles. The van der Waals surface area contributed by atoms with E-state index in [4.69, 9.17) is 4.74 Å². The molecule has 0 radical (unpaired) electrons. The predicted molar refractivity (Wildman–Crippen MR) is 97.5 cm³/mol. The lowest BCUT2D eigenvalue weighted by Gasteiger charge is -2.15. The van der Waals surface area contributed by atoms with Gasteiger partial charge in [0, 0.05) is 26.7 Å². The second kappa shape index (κ2) is 9.79. The number of benzene rings is 2. The minimum Gasteiger partial charge on any atom is -0.481 e. The van der Waals surface area contributed by atoms with E-state index in [0.717, 1.165) is 29.2 Å². The Morgan fingerprint density at radius 3 is 2.64 bits per heavy atom. The fourth-order valence-electron chi connectivity index (χ4n) is 2.84. The summed E-state index contributed by atoms with van der Waals surface area (Å²) >= 11 is 0. The number of carbonyl (C=O) groups excluding carboxylic acids is 1. The number of hydrogen-bond donors (Lipinski definition) is 2. The second-order valence-corrected chi connectivity index (χ2v) is 6.13. The first-order valence-corrected chi connectivity index (χ1v) is 8.57. The summed E-state index contributed by atoms with van der Waals surface area (Å²) in [4.78, 5) is 23.4. The van der Waals surface area contributed by atoms with Gasteiger partial charge < -0.3 is 15.2 Å². The van der Waals surface area contributed by atoms with Crippen molar-refractivity contribution in [3.05, 3.63) is 48.0 Å². The van der Waals surface area contributed by atoms with Gasteiger partial charge in [-0.05, 0) is 35.6 Å². The van der Waals surface area contributed by atoms with Gasteiger partial charge >= 0.3 is 5.97 Å². The number of carbonyl (C=O) groups is 2. The van der Waals surface area contributed by atoms with E-state index in [-0.39, 0.29) is 12.5 Å². The zero-order valence-electron chi connectivity index (χ0n) is 14.5. The number of nitrogens with one attached hydrogen (secondary N) is 1. The molecular weight excluding hydrogens is 318 g/mol. The van der Waals surface area contributed by atoms with Gasteiger partial charge in [-0.25, -0.2) is 0 Å². The Morgan fingerprint density at radius 1 is 1.12 bits per heavy atom. The quantitative estimate of drug-likeness (QED) is 0.650. The predicted octanol–water partition coefficient (Wildman–Crippen LogP) is 3.02. The van der Waals surface area contributed by atoms with Gasteiger partial charge in [0.1, 0.15) is 0 Å². The highest BCUT2D eigenvalue weighted by Gasteiger charge is 2.20. The van der Waals surface area contributed by atoms with E-state index >= 15 is 0 Å². The van der Waals surface area contributed by atoms with Crippen molar-refractivity contribution >= 4 is 22.6 Å². The first kappa shape index (κ1) is 18.9. The van der Waals surface area contributed by atoms with Crippen molar-refractivity contribution in [3.63, 3.8) is 0 Å². The number of hydrogen-bond acceptors (Lipinski definition) is 3. The maximum Gasteiger partial charge on any atom is 0.308 e. The molecule has 0 bridgehead atoms. The lowest BCUT2D eigenvalue weighted by molar-refractivity contribution is -0.141. The van der Waals surface area contributed by atoms with Gasteiger partial charge in [0.05, 0.1) is 5.92 Å². The Balaban J connectivity index is 1.94. The van der Waals surface area contributed by atoms with Crippen LogP contribution in [-0.2, 0) is 20.7 Å². The molecule has 0 fully saturated rings. The van der Waals surface area contributed by atoms with Gasteiger partial charge in [0.25, 0.3) is 0 Å². The topological polar surface area (TPSA) is 75.6 Å². The van der Waals surface area contributed by atoms with Crippen LogP contribution in [0.1, 0.15) is 24.8 Å². The molecule has 134 valence electrons. The average molecular weight is 343 g/mol. The zero-order chi connectivity index (χ0) is 18.1. The van der Waals surface area contributed by atoms with Gasteiger partial charge in [-0.3, -0.25) is 9.59 Å². The van der Waals surface area contributed by atoms with Crippen LogP contribution in [0.25, 0.3) is 10.8 Å². The fourth-order valence-corrected chi connectivity index (χ4v) is 2.84. The van der Waals surface area contributed by atoms with Crippen LogP contribution < -0.4 is 5.32 Å². The highest BCUT2D eigenvalue weighted by atomic mass is 16.5. The van der Waals surface area contributed by atoms with E-state index in [1.54, 1.807) is 7.11 Å². The van der Waals surface area contributed by atoms with Crippen LogP contribution in [-0.4, -0.2) is 37.2 Å². The summed E-state index contributed by atoms with van der Waals surface area (Å²) in [6, 6.07) is 13.8. The standard InChI is InChI=1S/C20H25NO4/c1-25-12-5-4-11-19(22)21-14-17(20(23)24)13-16-9-6-8-15-7-2-3-10-18(15)16/h2-3,6-10,17H,4-5,11-14H2,1H3,(H,21,22)(H,23,24). The monoisotopic (exact) mass is 343 g/mol. The number of fused-ring (bicyclic) bond motifs is 1. The Labute approximate surface area is 148 Å². The minimum atomic E-state index is -0.896. The Hall–Kier alpha value is -2.40. The molecule has 1 amide bonds. The normalized spacial score (nSPS) is 12.0. The van der Waals surface area contributed by atoms with Gasteiger partial charge in [0.2, 0.25) is 5.91 Å². The third-order valence-electron chi connectivity index (χ3n) is 4.24. The van der Waals surface area contributed by atoms with Crippen molar-refractivity contribution in [3.8, 4) is 0 Å². The maximum atomic E-state index is 11.9. The van der Waals surface area contributed by atoms with E-state index in [1.165, 1.54) is 0 Å². The molecule has 25 heavy (non-hydrogen) atoms. The smallest absolute Gasteiger partial charge is 0.308 e. The molecule has 0 aromatic heterocycles. The van der Waals surface area contributed by atoms with Gasteiger partial charge in [-0.15, -0.1) is 0 Å². The van der Waals surface area contributed by atoms with Crippen molar-refractivity contribution in [2.45, 2.75) is 25.7 Å². The number of ether oxygens (including phenoxy) is 1. The SMILES string of the molecule is COCCCCC(=O)NCC(Cc1cccc2ccccc12)C(=O)O. The van der Waals surface area contributed by atoms with Crippen LogP contribution in [0.5, 0.6) is 0 Å². The molecule has 5 heteroatoms. The summed E-state index contributed by atoms with van der Waals surface area (Å²) in [5, 5.41) is 14.4. The lowest BCUT2D eigenvalue weighted by Crippen LogP contribution is -2.34. The number of carboxylic acids is 1. The summed E-state index contributed by atoms with van der Waals surface area (Å²) < 4.78 is 4.95. The van der Waals surface area contributed by atoms with Crippen LogP contribution in [0.3, 0.4) is 0 Å². The highest BCUT2D eigenvalue weighted by molar-refractivity contribution is 5.86. The van der Waals surface area contributed by atoms with Crippen molar-refractivity contribution in [2.24, 2.45) is 5.92 Å². The maximum absolute atomic E-state index is 11.9. The lowest BCUT2D eigenvalue weighted by atomic mass is 9.94. The van der Waals surface area contributed by atoms with Gasteiger partial charge in [-0.2, -0.15) is 0 Å². The van der Waals surface area contributed by atoms with Crippen molar-refractivity contribution in [1.82, 2.24) is 5.32 Å². The van der Waals surface area contributed by atoms with E-state index in [9.17, 15) is 14.7 Å². The first-order valence-electron chi connectivity index (χ1n) is 8.57. The van der Waals surface area contributed by atoms with Crippen LogP contribution in [0.15, 0.2) is 42.5 Å². The third kappa shape index (κ3) is 5.87. The third-order valence-corrected chi connectivity index (χ3v) is 4.24. The first-order chi connectivity index (χ1) is 12.1. The molecule has 2 aromatic rings. The van der Waals surface area contributed by atoms with Crippen LogP contribution >= 0.6 is 0 Å². The molecule has 0 aliphatic carbocycles. The number of rotatable bonds is 10. The van der Waals surface area contributed by atoms with Crippen LogP contribution in [0.2, 0.25) is 0 Å². The summed E-state index contributed by atoms with van der Waals surface area (Å²) in [5.74, 6) is -1.65. The molecule has 5 nitrogen and oxygen atoms in total. The highest BCUT2D eigenvalue weighted by Crippen LogP contribution is 2.21. The zero-order valence-corrected chi connectivity index (χ0v) is 14.5. The average Bonchev–Trinajstić information content (AvgIpc) is 2.62. The molecule has 0 saturated carbocycles. The molecule has 0 aliphatic heterocycles. The molecule has 1 atom stereocenters. The number of aliphatic carboxylic acids is 1. The second-order valence-electron chi connectivity index (χ2n) is 6.13. The molecule has 0 aliphatic rings. The molecule has 2 rings (SSSR count). The summed E-state index contributed by atoms with van der Waals surface area (Å²) in [7, 11) is 1.63. The molecule has 2 N–H and O–H groups in total.